The zero-order valence-corrected chi connectivity index (χ0v) is 8.20. The van der Waals surface area contributed by atoms with E-state index in [1.807, 2.05) is 0 Å². The summed E-state index contributed by atoms with van der Waals surface area (Å²) in [7, 11) is 0. The Morgan fingerprint density at radius 3 is 2.69 bits per heavy atom. The van der Waals surface area contributed by atoms with Crippen LogP contribution in [0.2, 0.25) is 0 Å². The normalized spacial score (nSPS) is 12.4. The van der Waals surface area contributed by atoms with Crippen LogP contribution in [-0.2, 0) is 0 Å². The van der Waals surface area contributed by atoms with Gasteiger partial charge in [0.25, 0.3) is 5.75 Å². The van der Waals surface area contributed by atoms with E-state index in [0.717, 1.165) is 0 Å². The minimum absolute atomic E-state index is 0.0324. The highest BCUT2D eigenvalue weighted by Crippen LogP contribution is 2.27. The van der Waals surface area contributed by atoms with Gasteiger partial charge in [0.15, 0.2) is 0 Å². The van der Waals surface area contributed by atoms with Crippen molar-refractivity contribution in [1.29, 1.82) is 0 Å². The number of rotatable bonds is 4. The van der Waals surface area contributed by atoms with Gasteiger partial charge < -0.3 is 36.7 Å². The molecule has 0 aliphatic heterocycles. The second-order valence-corrected chi connectivity index (χ2v) is 2.95. The maximum atomic E-state index is 11.0. The number of anilines is 2. The molecule has 90 valence electrons. The zero-order valence-electron chi connectivity index (χ0n) is 8.20. The lowest BCUT2D eigenvalue weighted by molar-refractivity contribution is -0.577. The predicted molar refractivity (Wildman–Crippen MR) is 52.3 cm³/mol. The standard InChI is InChI=1S/C7H12N4O5/c8-5-4(14)6(10-7(9)11(5)15)16-2-3(13)1-12/h3,12-14H,1-2,8H2,(H2,9,10). The topological polar surface area (TPSA) is 162 Å². The number of nitrogens with two attached hydrogens (primary N) is 2. The van der Waals surface area contributed by atoms with Crippen molar-refractivity contribution in [3.8, 4) is 11.6 Å². The molecule has 0 aliphatic rings. The van der Waals surface area contributed by atoms with E-state index in [1.54, 1.807) is 0 Å². The first-order chi connectivity index (χ1) is 7.47. The maximum Gasteiger partial charge on any atom is 0.347 e. The van der Waals surface area contributed by atoms with Crippen LogP contribution in [0.3, 0.4) is 0 Å². The Bertz CT molecular complexity index is 386. The third-order valence-electron chi connectivity index (χ3n) is 1.71. The average Bonchev–Trinajstić information content (AvgIpc) is 2.28. The van der Waals surface area contributed by atoms with Crippen LogP contribution in [0.5, 0.6) is 11.6 Å². The van der Waals surface area contributed by atoms with E-state index in [9.17, 15) is 10.3 Å². The fourth-order valence-electron chi connectivity index (χ4n) is 0.860. The molecule has 1 aromatic rings. The van der Waals surface area contributed by atoms with Crippen molar-refractivity contribution in [1.82, 2.24) is 4.98 Å². The van der Waals surface area contributed by atoms with E-state index in [-0.39, 0.29) is 17.2 Å². The van der Waals surface area contributed by atoms with E-state index in [4.69, 9.17) is 26.4 Å². The first-order valence-electron chi connectivity index (χ1n) is 4.26. The van der Waals surface area contributed by atoms with Gasteiger partial charge in [-0.2, -0.15) is 0 Å². The first kappa shape index (κ1) is 12.1. The summed E-state index contributed by atoms with van der Waals surface area (Å²) < 4.78 is 4.86. The van der Waals surface area contributed by atoms with Crippen LogP contribution in [-0.4, -0.2) is 39.6 Å². The zero-order chi connectivity index (χ0) is 12.3. The van der Waals surface area contributed by atoms with Gasteiger partial charge in [0.2, 0.25) is 5.82 Å². The molecule has 1 heterocycles. The van der Waals surface area contributed by atoms with Gasteiger partial charge in [0.1, 0.15) is 12.7 Å². The molecule has 1 rings (SSSR count). The lowest BCUT2D eigenvalue weighted by Crippen LogP contribution is -2.35. The molecule has 0 fully saturated rings. The highest BCUT2D eigenvalue weighted by atomic mass is 16.5. The lowest BCUT2D eigenvalue weighted by atomic mass is 10.4. The van der Waals surface area contributed by atoms with Crippen LogP contribution >= 0.6 is 0 Å². The number of nitrogens with zero attached hydrogens (tertiary/aromatic N) is 2. The van der Waals surface area contributed by atoms with E-state index in [1.165, 1.54) is 0 Å². The molecule has 9 heteroatoms. The largest absolute Gasteiger partial charge is 0.754 e. The minimum Gasteiger partial charge on any atom is -0.754 e. The number of hydrogen-bond acceptors (Lipinski definition) is 8. The minimum atomic E-state index is -1.14. The van der Waals surface area contributed by atoms with Crippen LogP contribution in [0.1, 0.15) is 0 Å². The quantitative estimate of drug-likeness (QED) is 0.277. The van der Waals surface area contributed by atoms with Gasteiger partial charge in [-0.15, -0.1) is 0 Å². The Kier molecular flexibility index (Phi) is 3.53. The average molecular weight is 232 g/mol. The molecule has 0 amide bonds. The van der Waals surface area contributed by atoms with Crippen LogP contribution < -0.4 is 20.9 Å². The van der Waals surface area contributed by atoms with Crippen LogP contribution in [0.25, 0.3) is 0 Å². The Labute approximate surface area is 90.1 Å². The van der Waals surface area contributed by atoms with Crippen molar-refractivity contribution in [2.45, 2.75) is 6.10 Å². The lowest BCUT2D eigenvalue weighted by Gasteiger charge is -2.13. The third kappa shape index (κ3) is 2.32. The van der Waals surface area contributed by atoms with Crippen LogP contribution in [0, 0.1) is 5.21 Å². The Morgan fingerprint density at radius 1 is 1.50 bits per heavy atom. The van der Waals surface area contributed by atoms with E-state index in [2.05, 4.69) is 4.98 Å². The first-order valence-corrected chi connectivity index (χ1v) is 4.26. The fourth-order valence-corrected chi connectivity index (χ4v) is 0.860. The van der Waals surface area contributed by atoms with Gasteiger partial charge in [-0.05, 0) is 0 Å². The molecule has 0 bridgehead atoms. The summed E-state index contributed by atoms with van der Waals surface area (Å²) in [6.45, 7) is -0.834. The number of nitrogen functional groups attached to an aromatic ring is 2. The molecule has 1 unspecified atom stereocenters. The molecule has 0 aliphatic carbocycles. The van der Waals surface area contributed by atoms with Gasteiger partial charge >= 0.3 is 11.8 Å². The second-order valence-electron chi connectivity index (χ2n) is 2.95. The number of aromatic nitrogens is 2. The van der Waals surface area contributed by atoms with Gasteiger partial charge in [0, 0.05) is 0 Å². The summed E-state index contributed by atoms with van der Waals surface area (Å²) in [4.78, 5) is 3.42. The molecule has 0 saturated carbocycles. The summed E-state index contributed by atoms with van der Waals surface area (Å²) in [5, 5.41) is 37.9. The SMILES string of the molecule is Nc1nc(OCC(O)CO)c(O)c(N)[n+]1[O-]. The number of aromatic hydroxyl groups is 1. The van der Waals surface area contributed by atoms with Gasteiger partial charge in [-0.1, -0.05) is 4.98 Å². The molecule has 0 radical (unpaired) electrons. The van der Waals surface area contributed by atoms with Crippen LogP contribution in [0.15, 0.2) is 0 Å². The van der Waals surface area contributed by atoms with Crippen molar-refractivity contribution < 1.29 is 24.8 Å². The molecule has 7 N–H and O–H groups in total. The Balaban J connectivity index is 2.89. The monoisotopic (exact) mass is 232 g/mol. The summed E-state index contributed by atoms with van der Waals surface area (Å²) in [5.74, 6) is -2.10. The van der Waals surface area contributed by atoms with Crippen molar-refractivity contribution in [3.05, 3.63) is 5.21 Å². The molecule has 9 nitrogen and oxygen atoms in total. The van der Waals surface area contributed by atoms with Gasteiger partial charge in [0.05, 0.1) is 6.61 Å². The van der Waals surface area contributed by atoms with Gasteiger partial charge in [-0.3, -0.25) is 0 Å². The van der Waals surface area contributed by atoms with Gasteiger partial charge in [-0.25, -0.2) is 4.73 Å². The van der Waals surface area contributed by atoms with E-state index >= 15 is 0 Å². The van der Waals surface area contributed by atoms with Crippen molar-refractivity contribution >= 4 is 11.8 Å². The predicted octanol–water partition coefficient (Wildman–Crippen LogP) is -2.68. The van der Waals surface area contributed by atoms with Crippen molar-refractivity contribution in [2.75, 3.05) is 24.7 Å². The third-order valence-corrected chi connectivity index (χ3v) is 1.71. The number of hydrogen-bond donors (Lipinski definition) is 5. The molecular formula is C7H12N4O5. The Morgan fingerprint density at radius 2 is 2.12 bits per heavy atom. The van der Waals surface area contributed by atoms with E-state index < -0.39 is 30.2 Å². The molecule has 0 spiro atoms. The summed E-state index contributed by atoms with van der Waals surface area (Å²) in [6.07, 6.45) is -1.14. The van der Waals surface area contributed by atoms with Crippen molar-refractivity contribution in [2.24, 2.45) is 0 Å². The maximum absolute atomic E-state index is 11.0. The van der Waals surface area contributed by atoms with Crippen LogP contribution in [0.4, 0.5) is 11.8 Å². The summed E-state index contributed by atoms with van der Waals surface area (Å²) in [6, 6.07) is 0. The highest BCUT2D eigenvalue weighted by Gasteiger charge is 2.19. The number of ether oxygens (including phenoxy) is 1. The van der Waals surface area contributed by atoms with Crippen molar-refractivity contribution in [3.63, 3.8) is 0 Å². The summed E-state index contributed by atoms with van der Waals surface area (Å²) in [5.41, 5.74) is 10.4. The summed E-state index contributed by atoms with van der Waals surface area (Å²) >= 11 is 0. The molecule has 0 aromatic carbocycles. The molecule has 16 heavy (non-hydrogen) atoms. The highest BCUT2D eigenvalue weighted by molar-refractivity contribution is 5.49. The number of aliphatic hydroxyl groups excluding tert-OH is 2. The number of aliphatic hydroxyl groups is 2. The molecule has 1 aromatic heterocycles. The molecule has 1 atom stereocenters. The smallest absolute Gasteiger partial charge is 0.347 e. The molecule has 0 saturated heterocycles. The molecular weight excluding hydrogens is 220 g/mol. The Hall–Kier alpha value is -2.00. The fraction of sp³-hybridized carbons (Fsp3) is 0.429. The van der Waals surface area contributed by atoms with E-state index in [0.29, 0.717) is 0 Å². The second kappa shape index (κ2) is 4.68.